The molecule has 1 unspecified atom stereocenters. The third-order valence-corrected chi connectivity index (χ3v) is 5.40. The fraction of sp³-hybridized carbons (Fsp3) is 0.200. The molecule has 1 aromatic carbocycles. The molecule has 0 saturated heterocycles. The van der Waals surface area contributed by atoms with Crippen molar-refractivity contribution in [1.29, 1.82) is 0 Å². The highest BCUT2D eigenvalue weighted by atomic mass is 19.1. The molecule has 2 atom stereocenters. The average Bonchev–Trinajstić information content (AvgIpc) is 3.33. The van der Waals surface area contributed by atoms with E-state index in [-0.39, 0.29) is 23.0 Å². The van der Waals surface area contributed by atoms with Crippen molar-refractivity contribution >= 4 is 5.65 Å². The third kappa shape index (κ3) is 2.86. The predicted octanol–water partition coefficient (Wildman–Crippen LogP) is 2.63. The number of halogens is 2. The maximum atomic E-state index is 14.0. The van der Waals surface area contributed by atoms with Crippen molar-refractivity contribution in [3.8, 4) is 11.3 Å². The molecular weight excluding hydrogens is 380 g/mol. The second-order valence-electron chi connectivity index (χ2n) is 7.22. The first-order valence-electron chi connectivity index (χ1n) is 9.04. The van der Waals surface area contributed by atoms with Crippen LogP contribution in [-0.2, 0) is 0 Å². The summed E-state index contributed by atoms with van der Waals surface area (Å²) in [7, 11) is 0. The van der Waals surface area contributed by atoms with Crippen LogP contribution in [0.4, 0.5) is 8.78 Å². The van der Waals surface area contributed by atoms with Gasteiger partial charge < -0.3 is 4.98 Å². The van der Waals surface area contributed by atoms with Crippen LogP contribution in [0.5, 0.6) is 0 Å². The lowest BCUT2D eigenvalue weighted by Gasteiger charge is -2.08. The fourth-order valence-corrected chi connectivity index (χ4v) is 3.73. The highest BCUT2D eigenvalue weighted by molar-refractivity contribution is 5.63. The predicted molar refractivity (Wildman–Crippen MR) is 101 cm³/mol. The van der Waals surface area contributed by atoms with Crippen molar-refractivity contribution in [3.05, 3.63) is 86.0 Å². The van der Waals surface area contributed by atoms with Gasteiger partial charge in [-0.2, -0.15) is 5.10 Å². The van der Waals surface area contributed by atoms with E-state index in [4.69, 9.17) is 0 Å². The summed E-state index contributed by atoms with van der Waals surface area (Å²) in [4.78, 5) is 32.4. The molecule has 0 spiro atoms. The van der Waals surface area contributed by atoms with E-state index in [0.29, 0.717) is 23.3 Å². The highest BCUT2D eigenvalue weighted by Crippen LogP contribution is 2.55. The zero-order valence-electron chi connectivity index (χ0n) is 15.2. The highest BCUT2D eigenvalue weighted by Gasteiger charge is 2.42. The minimum absolute atomic E-state index is 0.00471. The van der Waals surface area contributed by atoms with Crippen LogP contribution in [0.2, 0.25) is 0 Å². The number of hydrogen-bond acceptors (Lipinski definition) is 4. The number of nitrogens with one attached hydrogen (secondary N) is 2. The molecule has 0 amide bonds. The number of aromatic nitrogens is 5. The van der Waals surface area contributed by atoms with E-state index in [1.807, 2.05) is 0 Å². The first-order valence-corrected chi connectivity index (χ1v) is 9.04. The van der Waals surface area contributed by atoms with Gasteiger partial charge in [-0.15, -0.1) is 0 Å². The maximum absolute atomic E-state index is 14.0. The number of hydrogen-bond donors (Lipinski definition) is 2. The molecule has 3 heterocycles. The molecule has 2 N–H and O–H groups in total. The molecule has 9 heteroatoms. The summed E-state index contributed by atoms with van der Waals surface area (Å²) >= 11 is 0. The molecule has 4 aromatic rings. The quantitative estimate of drug-likeness (QED) is 0.557. The molecule has 7 nitrogen and oxygen atoms in total. The van der Waals surface area contributed by atoms with Gasteiger partial charge in [-0.3, -0.25) is 9.78 Å². The van der Waals surface area contributed by atoms with Crippen molar-refractivity contribution in [2.24, 2.45) is 0 Å². The summed E-state index contributed by atoms with van der Waals surface area (Å²) in [5.41, 5.74) is 1.48. The Kier molecular flexibility index (Phi) is 3.73. The van der Waals surface area contributed by atoms with E-state index in [1.165, 1.54) is 25.3 Å². The van der Waals surface area contributed by atoms with Crippen LogP contribution in [0.15, 0.2) is 46.4 Å². The number of fused-ring (bicyclic) bond motifs is 1. The Balaban J connectivity index is 1.60. The number of aromatic amines is 2. The summed E-state index contributed by atoms with van der Waals surface area (Å²) in [6, 6.07) is 4.50. The van der Waals surface area contributed by atoms with Gasteiger partial charge in [0, 0.05) is 29.7 Å². The molecule has 146 valence electrons. The van der Waals surface area contributed by atoms with Crippen LogP contribution in [0.3, 0.4) is 0 Å². The normalized spacial score (nSPS) is 18.3. The van der Waals surface area contributed by atoms with E-state index in [0.717, 1.165) is 5.56 Å². The third-order valence-electron chi connectivity index (χ3n) is 5.40. The Morgan fingerprint density at radius 1 is 1.14 bits per heavy atom. The van der Waals surface area contributed by atoms with Crippen molar-refractivity contribution in [2.45, 2.75) is 25.2 Å². The van der Waals surface area contributed by atoms with E-state index < -0.39 is 22.9 Å². The Bertz CT molecular complexity index is 1360. The smallest absolute Gasteiger partial charge is 0.313 e. The molecule has 1 aliphatic rings. The van der Waals surface area contributed by atoms with Crippen LogP contribution in [0.1, 0.15) is 34.9 Å². The lowest BCUT2D eigenvalue weighted by atomic mass is 10.0. The average molecular weight is 395 g/mol. The van der Waals surface area contributed by atoms with Crippen LogP contribution in [0.25, 0.3) is 16.9 Å². The van der Waals surface area contributed by atoms with Gasteiger partial charge in [-0.25, -0.2) is 23.1 Å². The largest absolute Gasteiger partial charge is 0.325 e. The summed E-state index contributed by atoms with van der Waals surface area (Å²) in [6.45, 7) is 1.41. The summed E-state index contributed by atoms with van der Waals surface area (Å²) in [5.74, 6) is -1.19. The van der Waals surface area contributed by atoms with Crippen LogP contribution >= 0.6 is 0 Å². The van der Waals surface area contributed by atoms with Crippen LogP contribution in [-0.4, -0.2) is 24.6 Å². The van der Waals surface area contributed by atoms with Crippen molar-refractivity contribution < 1.29 is 8.78 Å². The van der Waals surface area contributed by atoms with E-state index in [9.17, 15) is 18.4 Å². The first kappa shape index (κ1) is 17.5. The lowest BCUT2D eigenvalue weighted by Crippen LogP contribution is -2.23. The van der Waals surface area contributed by atoms with Crippen molar-refractivity contribution in [3.63, 3.8) is 0 Å². The molecule has 0 aliphatic heterocycles. The summed E-state index contributed by atoms with van der Waals surface area (Å²) < 4.78 is 29.5. The monoisotopic (exact) mass is 395 g/mol. The molecule has 5 rings (SSSR count). The van der Waals surface area contributed by atoms with E-state index in [1.54, 1.807) is 23.0 Å². The molecule has 1 saturated carbocycles. The Morgan fingerprint density at radius 3 is 2.62 bits per heavy atom. The molecule has 3 aromatic heterocycles. The second-order valence-corrected chi connectivity index (χ2v) is 7.22. The van der Waals surface area contributed by atoms with Gasteiger partial charge in [-0.1, -0.05) is 0 Å². The number of benzene rings is 1. The number of H-pyrrole nitrogens is 2. The van der Waals surface area contributed by atoms with E-state index in [2.05, 4.69) is 20.1 Å². The Labute approximate surface area is 162 Å². The van der Waals surface area contributed by atoms with Gasteiger partial charge in [0.15, 0.2) is 5.65 Å². The van der Waals surface area contributed by atoms with Gasteiger partial charge >= 0.3 is 5.69 Å². The minimum atomic E-state index is -0.603. The molecule has 0 radical (unpaired) electrons. The molecule has 1 aliphatic carbocycles. The van der Waals surface area contributed by atoms with Gasteiger partial charge in [0.1, 0.15) is 11.6 Å². The van der Waals surface area contributed by atoms with Crippen LogP contribution in [0, 0.1) is 18.6 Å². The standard InChI is InChI=1S/C20H15F2N5O2/c1-9-15(21)4-10(5-16(9)22)11-6-12(11)13-7-17(26-27-3-2-23-18(13)27)14-8-24-20(29)25-19(14)28/h2-5,7-8,11-12H,6H2,1H3,(H2,24,25,28,29)/t11-,12?/m1/s1. The number of nitrogens with zero attached hydrogens (tertiary/aromatic N) is 3. The molecule has 0 bridgehead atoms. The minimum Gasteiger partial charge on any atom is -0.313 e. The lowest BCUT2D eigenvalue weighted by molar-refractivity contribution is 0.564. The number of imidazole rings is 1. The molecular formula is C20H15F2N5O2. The van der Waals surface area contributed by atoms with Crippen molar-refractivity contribution in [1.82, 2.24) is 24.6 Å². The summed E-state index contributed by atoms with van der Waals surface area (Å²) in [5, 5.41) is 4.40. The zero-order chi connectivity index (χ0) is 20.3. The van der Waals surface area contributed by atoms with Crippen LogP contribution < -0.4 is 11.2 Å². The zero-order valence-corrected chi connectivity index (χ0v) is 15.2. The Morgan fingerprint density at radius 2 is 1.90 bits per heavy atom. The summed E-state index contributed by atoms with van der Waals surface area (Å²) in [6.07, 6.45) is 5.27. The fourth-order valence-electron chi connectivity index (χ4n) is 3.73. The second kappa shape index (κ2) is 6.20. The first-order chi connectivity index (χ1) is 13.9. The SMILES string of the molecule is Cc1c(F)cc([C@H]2CC2c2cc(-c3c[nH]c(=O)[nH]c3=O)nn3ccnc23)cc1F. The van der Waals surface area contributed by atoms with Gasteiger partial charge in [-0.05, 0) is 48.9 Å². The van der Waals surface area contributed by atoms with Gasteiger partial charge in [0.05, 0.1) is 11.3 Å². The van der Waals surface area contributed by atoms with Gasteiger partial charge in [0.2, 0.25) is 0 Å². The topological polar surface area (TPSA) is 95.9 Å². The number of rotatable bonds is 3. The molecule has 29 heavy (non-hydrogen) atoms. The van der Waals surface area contributed by atoms with Crippen molar-refractivity contribution in [2.75, 3.05) is 0 Å². The van der Waals surface area contributed by atoms with E-state index >= 15 is 0 Å². The Hall–Kier alpha value is -3.62. The molecule has 1 fully saturated rings. The maximum Gasteiger partial charge on any atom is 0.325 e. The van der Waals surface area contributed by atoms with Gasteiger partial charge in [0.25, 0.3) is 5.56 Å².